The lowest BCUT2D eigenvalue weighted by atomic mass is 9.77. The number of hydrogen-bond acceptors (Lipinski definition) is 6. The molecule has 29 heavy (non-hydrogen) atoms. The molecule has 0 saturated heterocycles. The average Bonchev–Trinajstić information content (AvgIpc) is 2.99. The van der Waals surface area contributed by atoms with Crippen LogP contribution in [-0.4, -0.2) is 41.1 Å². The van der Waals surface area contributed by atoms with Gasteiger partial charge in [-0.2, -0.15) is 0 Å². The van der Waals surface area contributed by atoms with Gasteiger partial charge in [-0.05, 0) is 60.4 Å². The smallest absolute Gasteiger partial charge is 0.311 e. The summed E-state index contributed by atoms with van der Waals surface area (Å²) in [6.45, 7) is 2.01. The number of aliphatic hydroxyl groups is 1. The summed E-state index contributed by atoms with van der Waals surface area (Å²) < 4.78 is 5.33. The lowest BCUT2D eigenvalue weighted by Gasteiger charge is -2.28. The van der Waals surface area contributed by atoms with Crippen molar-refractivity contribution >= 4 is 23.2 Å². The first-order valence-corrected chi connectivity index (χ1v) is 9.97. The number of aliphatic carboxylic acids is 1. The van der Waals surface area contributed by atoms with E-state index in [1.807, 2.05) is 19.1 Å². The number of benzene rings is 1. The van der Waals surface area contributed by atoms with Gasteiger partial charge in [0.15, 0.2) is 0 Å². The first-order valence-electron chi connectivity index (χ1n) is 9.97. The molecule has 156 valence electrons. The number of ether oxygens (including phenoxy) is 1. The Balaban J connectivity index is 1.94. The maximum absolute atomic E-state index is 11.9. The van der Waals surface area contributed by atoms with Crippen LogP contribution in [0.1, 0.15) is 51.0 Å². The number of carboxylic acid groups (broad SMARTS) is 1. The zero-order chi connectivity index (χ0) is 21.0. The fourth-order valence-corrected chi connectivity index (χ4v) is 4.43. The van der Waals surface area contributed by atoms with Crippen LogP contribution >= 0.6 is 0 Å². The van der Waals surface area contributed by atoms with E-state index in [1.165, 1.54) is 7.11 Å². The Morgan fingerprint density at radius 2 is 2.03 bits per heavy atom. The minimum absolute atomic E-state index is 0.0272. The number of aliphatic hydroxyl groups excluding tert-OH is 1. The summed E-state index contributed by atoms with van der Waals surface area (Å²) in [5, 5.41) is 23.5. The molecule has 1 aromatic carbocycles. The van der Waals surface area contributed by atoms with Crippen molar-refractivity contribution in [3.63, 3.8) is 0 Å². The Morgan fingerprint density at radius 3 is 2.72 bits per heavy atom. The van der Waals surface area contributed by atoms with Crippen molar-refractivity contribution in [1.29, 1.82) is 0 Å². The summed E-state index contributed by atoms with van der Waals surface area (Å²) in [6, 6.07) is 7.25. The highest BCUT2D eigenvalue weighted by Gasteiger charge is 2.42. The van der Waals surface area contributed by atoms with Crippen LogP contribution in [0.4, 0.5) is 0 Å². The molecular formula is C22H27NO6. The van der Waals surface area contributed by atoms with Gasteiger partial charge in [-0.25, -0.2) is 0 Å². The van der Waals surface area contributed by atoms with E-state index in [-0.39, 0.29) is 18.8 Å². The number of carbonyl (C=O) groups is 2. The van der Waals surface area contributed by atoms with E-state index in [0.29, 0.717) is 18.1 Å². The van der Waals surface area contributed by atoms with Crippen molar-refractivity contribution in [2.75, 3.05) is 7.11 Å². The molecule has 3 atom stereocenters. The van der Waals surface area contributed by atoms with Gasteiger partial charge in [0.2, 0.25) is 0 Å². The molecule has 0 aromatic heterocycles. The van der Waals surface area contributed by atoms with Crippen LogP contribution in [0, 0.1) is 11.8 Å². The molecule has 2 N–H and O–H groups in total. The monoisotopic (exact) mass is 401 g/mol. The third-order valence-electron chi connectivity index (χ3n) is 5.62. The normalized spacial score (nSPS) is 23.8. The fraction of sp³-hybridized carbons (Fsp3) is 0.500. The summed E-state index contributed by atoms with van der Waals surface area (Å²) >= 11 is 0. The van der Waals surface area contributed by atoms with Gasteiger partial charge in [-0.1, -0.05) is 24.2 Å². The first-order chi connectivity index (χ1) is 13.9. The lowest BCUT2D eigenvalue weighted by molar-refractivity contribution is -0.142. The van der Waals surface area contributed by atoms with Gasteiger partial charge in [0, 0.05) is 5.92 Å². The molecule has 2 unspecified atom stereocenters. The van der Waals surface area contributed by atoms with Crippen LogP contribution < -0.4 is 4.74 Å². The zero-order valence-corrected chi connectivity index (χ0v) is 16.8. The molecule has 1 saturated carbocycles. The van der Waals surface area contributed by atoms with E-state index in [1.54, 1.807) is 12.1 Å². The summed E-state index contributed by atoms with van der Waals surface area (Å²) in [5.41, 5.74) is 3.88. The van der Waals surface area contributed by atoms with Gasteiger partial charge in [-0.3, -0.25) is 9.59 Å². The number of rotatable bonds is 8. The van der Waals surface area contributed by atoms with Crippen molar-refractivity contribution < 1.29 is 29.4 Å². The molecule has 7 nitrogen and oxygen atoms in total. The second kappa shape index (κ2) is 9.22. The number of carbonyl (C=O) groups excluding carboxylic acids is 1. The third-order valence-corrected chi connectivity index (χ3v) is 5.62. The molecule has 2 bridgehead atoms. The van der Waals surface area contributed by atoms with Gasteiger partial charge in [0.25, 0.3) is 0 Å². The minimum Gasteiger partial charge on any atom is -0.481 e. The van der Waals surface area contributed by atoms with E-state index in [9.17, 15) is 14.7 Å². The maximum atomic E-state index is 11.9. The quantitative estimate of drug-likeness (QED) is 0.299. The largest absolute Gasteiger partial charge is 0.481 e. The molecule has 7 heteroatoms. The number of fused-ring (bicyclic) bond motifs is 2. The summed E-state index contributed by atoms with van der Waals surface area (Å²) in [5.74, 6) is -0.792. The number of carboxylic acids is 1. The van der Waals surface area contributed by atoms with E-state index in [2.05, 4.69) is 5.16 Å². The average molecular weight is 401 g/mol. The predicted octanol–water partition coefficient (Wildman–Crippen LogP) is 3.41. The SMILES string of the molecule is CCC(=NOC)C1=C(c2cccc(OC(=O)CCC(=O)O)c2)CC2CC(O)[C@H]1C2. The summed E-state index contributed by atoms with van der Waals surface area (Å²) in [6.07, 6.45) is 2.38. The highest BCUT2D eigenvalue weighted by atomic mass is 16.6. The van der Waals surface area contributed by atoms with E-state index in [4.69, 9.17) is 14.7 Å². The molecule has 0 heterocycles. The topological polar surface area (TPSA) is 105 Å². The molecule has 3 rings (SSSR count). The van der Waals surface area contributed by atoms with E-state index < -0.39 is 18.0 Å². The number of oxime groups is 1. The van der Waals surface area contributed by atoms with Crippen LogP contribution in [-0.2, 0) is 14.4 Å². The molecule has 1 fully saturated rings. The van der Waals surface area contributed by atoms with E-state index in [0.717, 1.165) is 41.7 Å². The van der Waals surface area contributed by atoms with Gasteiger partial charge < -0.3 is 19.8 Å². The van der Waals surface area contributed by atoms with Crippen LogP contribution in [0.15, 0.2) is 35.0 Å². The van der Waals surface area contributed by atoms with Crippen molar-refractivity contribution in [2.24, 2.45) is 17.0 Å². The van der Waals surface area contributed by atoms with Crippen LogP contribution in [0.25, 0.3) is 5.57 Å². The predicted molar refractivity (Wildman–Crippen MR) is 107 cm³/mol. The second-order valence-electron chi connectivity index (χ2n) is 7.58. The highest BCUT2D eigenvalue weighted by Crippen LogP contribution is 2.49. The van der Waals surface area contributed by atoms with Crippen molar-refractivity contribution in [3.05, 3.63) is 35.4 Å². The van der Waals surface area contributed by atoms with Gasteiger partial charge >= 0.3 is 11.9 Å². The van der Waals surface area contributed by atoms with Gasteiger partial charge in [-0.15, -0.1) is 0 Å². The van der Waals surface area contributed by atoms with Crippen LogP contribution in [0.5, 0.6) is 5.75 Å². The van der Waals surface area contributed by atoms with Crippen molar-refractivity contribution in [3.8, 4) is 5.75 Å². The third kappa shape index (κ3) is 4.85. The molecule has 0 aliphatic heterocycles. The Kier molecular flexibility index (Phi) is 6.69. The molecule has 2 aliphatic carbocycles. The molecule has 1 aromatic rings. The van der Waals surface area contributed by atoms with Gasteiger partial charge in [0.1, 0.15) is 12.9 Å². The Bertz CT molecular complexity index is 843. The second-order valence-corrected chi connectivity index (χ2v) is 7.58. The molecular weight excluding hydrogens is 374 g/mol. The fourth-order valence-electron chi connectivity index (χ4n) is 4.43. The van der Waals surface area contributed by atoms with Crippen molar-refractivity contribution in [1.82, 2.24) is 0 Å². The Morgan fingerprint density at radius 1 is 1.24 bits per heavy atom. The van der Waals surface area contributed by atoms with Crippen LogP contribution in [0.3, 0.4) is 0 Å². The molecule has 0 radical (unpaired) electrons. The first kappa shape index (κ1) is 21.0. The molecule has 0 spiro atoms. The standard InChI is InChI=1S/C22H27NO6/c1-3-18(23-28-2)22-16(9-13-10-17(22)19(24)11-13)14-5-4-6-15(12-14)29-21(27)8-7-20(25)26/h4-6,12-13,17,19,24H,3,7-11H2,1-2H3,(H,25,26)/t13?,17-,19?/m1/s1. The number of allylic oxidation sites excluding steroid dienone is 1. The highest BCUT2D eigenvalue weighted by molar-refractivity contribution is 6.07. The van der Waals surface area contributed by atoms with Crippen molar-refractivity contribution in [2.45, 2.75) is 51.6 Å². The number of esters is 1. The maximum Gasteiger partial charge on any atom is 0.311 e. The lowest BCUT2D eigenvalue weighted by Crippen LogP contribution is -2.23. The zero-order valence-electron chi connectivity index (χ0n) is 16.8. The Hall–Kier alpha value is -2.67. The number of nitrogens with zero attached hydrogens (tertiary/aromatic N) is 1. The summed E-state index contributed by atoms with van der Waals surface area (Å²) in [4.78, 5) is 27.6. The molecule has 2 aliphatic rings. The summed E-state index contributed by atoms with van der Waals surface area (Å²) in [7, 11) is 1.52. The van der Waals surface area contributed by atoms with Crippen LogP contribution in [0.2, 0.25) is 0 Å². The van der Waals surface area contributed by atoms with E-state index >= 15 is 0 Å². The Labute approximate surface area is 170 Å². The minimum atomic E-state index is -1.04. The molecule has 0 amide bonds. The van der Waals surface area contributed by atoms with Gasteiger partial charge in [0.05, 0.1) is 24.7 Å². The number of hydrogen-bond donors (Lipinski definition) is 2.